The van der Waals surface area contributed by atoms with E-state index in [0.29, 0.717) is 5.56 Å². The Morgan fingerprint density at radius 1 is 1.09 bits per heavy atom. The van der Waals surface area contributed by atoms with Crippen molar-refractivity contribution in [2.75, 3.05) is 18.5 Å². The maximum Gasteiger partial charge on any atom is 0.321 e. The number of nitrogens with two attached hydrogens (primary N) is 2. The molecule has 0 saturated carbocycles. The quantitative estimate of drug-likeness (QED) is 0.585. The molecule has 120 valence electrons. The predicted octanol–water partition coefficient (Wildman–Crippen LogP) is 0.325. The van der Waals surface area contributed by atoms with Crippen molar-refractivity contribution >= 4 is 35.6 Å². The van der Waals surface area contributed by atoms with Gasteiger partial charge in [-0.25, -0.2) is 4.79 Å². The van der Waals surface area contributed by atoms with Crippen LogP contribution in [0, 0.1) is 0 Å². The van der Waals surface area contributed by atoms with Crippen LogP contribution < -0.4 is 22.1 Å². The summed E-state index contributed by atoms with van der Waals surface area (Å²) in [5.41, 5.74) is 11.7. The lowest BCUT2D eigenvalue weighted by atomic mass is 10.1. The molecule has 0 radical (unpaired) electrons. The van der Waals surface area contributed by atoms with Crippen LogP contribution in [0.15, 0.2) is 35.5 Å². The van der Waals surface area contributed by atoms with Crippen molar-refractivity contribution < 1.29 is 9.59 Å². The highest BCUT2D eigenvalue weighted by atomic mass is 32.2. The van der Waals surface area contributed by atoms with E-state index in [1.54, 1.807) is 24.3 Å². The molecule has 23 heavy (non-hydrogen) atoms. The Labute approximate surface area is 136 Å². The molecule has 10 heteroatoms. The van der Waals surface area contributed by atoms with Crippen LogP contribution in [0.2, 0.25) is 0 Å². The van der Waals surface area contributed by atoms with Gasteiger partial charge < -0.3 is 16.8 Å². The molecular weight excluding hydrogens is 318 g/mol. The van der Waals surface area contributed by atoms with Crippen LogP contribution in [-0.4, -0.2) is 33.9 Å². The van der Waals surface area contributed by atoms with Gasteiger partial charge in [-0.05, 0) is 5.56 Å². The van der Waals surface area contributed by atoms with Crippen LogP contribution >= 0.6 is 11.8 Å². The monoisotopic (exact) mass is 333 g/mol. The van der Waals surface area contributed by atoms with Crippen LogP contribution in [0.5, 0.6) is 0 Å². The molecule has 1 atom stereocenters. The lowest BCUT2D eigenvalue weighted by molar-refractivity contribution is -0.119. The first-order valence-electron chi connectivity index (χ1n) is 6.51. The first kappa shape index (κ1) is 16.5. The van der Waals surface area contributed by atoms with Crippen LogP contribution in [0.1, 0.15) is 10.8 Å². The zero-order valence-electron chi connectivity index (χ0n) is 12.2. The van der Waals surface area contributed by atoms with Gasteiger partial charge >= 0.3 is 6.03 Å². The largest absolute Gasteiger partial charge is 0.368 e. The van der Waals surface area contributed by atoms with E-state index >= 15 is 0 Å². The third-order valence-electron chi connectivity index (χ3n) is 2.68. The molecule has 3 amide bonds. The van der Waals surface area contributed by atoms with Gasteiger partial charge in [0.05, 0.1) is 0 Å². The van der Waals surface area contributed by atoms with Gasteiger partial charge in [0.15, 0.2) is 5.16 Å². The number of carbonyl (C=O) groups is 2. The molecule has 1 aromatic heterocycles. The predicted molar refractivity (Wildman–Crippen MR) is 86.3 cm³/mol. The van der Waals surface area contributed by atoms with E-state index in [2.05, 4.69) is 25.6 Å². The molecule has 1 heterocycles. The third-order valence-corrected chi connectivity index (χ3v) is 3.79. The van der Waals surface area contributed by atoms with Gasteiger partial charge in [0.1, 0.15) is 5.25 Å². The molecule has 2 rings (SSSR count). The van der Waals surface area contributed by atoms with Crippen molar-refractivity contribution in [3.8, 4) is 0 Å². The van der Waals surface area contributed by atoms with Gasteiger partial charge in [-0.2, -0.15) is 15.0 Å². The van der Waals surface area contributed by atoms with Gasteiger partial charge in [0, 0.05) is 7.05 Å². The van der Waals surface area contributed by atoms with Crippen molar-refractivity contribution in [1.29, 1.82) is 0 Å². The van der Waals surface area contributed by atoms with E-state index in [9.17, 15) is 9.59 Å². The summed E-state index contributed by atoms with van der Waals surface area (Å²) < 4.78 is 0. The van der Waals surface area contributed by atoms with E-state index < -0.39 is 17.2 Å². The van der Waals surface area contributed by atoms with Crippen LogP contribution in [0.3, 0.4) is 0 Å². The van der Waals surface area contributed by atoms with Gasteiger partial charge in [-0.15, -0.1) is 0 Å². The highest BCUT2D eigenvalue weighted by Crippen LogP contribution is 2.33. The van der Waals surface area contributed by atoms with Crippen molar-refractivity contribution in [1.82, 2.24) is 25.6 Å². The molecule has 0 fully saturated rings. The molecule has 0 spiro atoms. The van der Waals surface area contributed by atoms with Crippen LogP contribution in [0.25, 0.3) is 0 Å². The lowest BCUT2D eigenvalue weighted by Crippen LogP contribution is -2.39. The molecular formula is C13H15N7O2S. The zero-order chi connectivity index (χ0) is 16.8. The highest BCUT2D eigenvalue weighted by molar-refractivity contribution is 8.00. The SMILES string of the molecule is CNC(=O)NC(=O)[C@@H](Sc1nc(N)nc(N)n1)c1ccccc1. The Morgan fingerprint density at radius 3 is 2.26 bits per heavy atom. The number of urea groups is 1. The smallest absolute Gasteiger partial charge is 0.321 e. The van der Waals surface area contributed by atoms with Crippen LogP contribution in [-0.2, 0) is 4.79 Å². The number of nitrogens with one attached hydrogen (secondary N) is 2. The van der Waals surface area contributed by atoms with Gasteiger partial charge in [0.25, 0.3) is 0 Å². The van der Waals surface area contributed by atoms with Crippen molar-refractivity contribution in [2.45, 2.75) is 10.4 Å². The summed E-state index contributed by atoms with van der Waals surface area (Å²) in [7, 11) is 1.42. The molecule has 0 aliphatic rings. The standard InChI is InChI=1S/C13H15N7O2S/c1-16-12(22)17-9(21)8(7-5-3-2-4-6-7)23-13-19-10(14)18-11(15)20-13/h2-6,8H,1H3,(H2,16,17,21,22)(H4,14,15,18,19,20)/t8-/m0/s1. The summed E-state index contributed by atoms with van der Waals surface area (Å²) >= 11 is 1.02. The Morgan fingerprint density at radius 2 is 1.70 bits per heavy atom. The van der Waals surface area contributed by atoms with Crippen molar-refractivity contribution in [2.24, 2.45) is 0 Å². The van der Waals surface area contributed by atoms with Gasteiger partial charge in [-0.3, -0.25) is 10.1 Å². The number of nitrogen functional groups attached to an aromatic ring is 2. The summed E-state index contributed by atoms with van der Waals surface area (Å²) in [6.07, 6.45) is 0. The molecule has 1 aromatic carbocycles. The van der Waals surface area contributed by atoms with Crippen LogP contribution in [0.4, 0.5) is 16.7 Å². The Balaban J connectivity index is 2.30. The second-order valence-corrected chi connectivity index (χ2v) is 5.38. The minimum Gasteiger partial charge on any atom is -0.368 e. The number of hydrogen-bond acceptors (Lipinski definition) is 8. The van der Waals surface area contributed by atoms with E-state index in [1.165, 1.54) is 7.05 Å². The Bertz CT molecular complexity index is 690. The molecule has 6 N–H and O–H groups in total. The van der Waals surface area contributed by atoms with Gasteiger partial charge in [-0.1, -0.05) is 42.1 Å². The Hall–Kier alpha value is -2.88. The summed E-state index contributed by atoms with van der Waals surface area (Å²) in [4.78, 5) is 35.3. The number of anilines is 2. The topological polar surface area (TPSA) is 149 Å². The summed E-state index contributed by atoms with van der Waals surface area (Å²) in [6.45, 7) is 0. The second-order valence-electron chi connectivity index (χ2n) is 4.31. The summed E-state index contributed by atoms with van der Waals surface area (Å²) in [5.74, 6) is -0.602. The molecule has 0 aliphatic heterocycles. The number of hydrogen-bond donors (Lipinski definition) is 4. The second kappa shape index (κ2) is 7.40. The molecule has 0 aliphatic carbocycles. The minimum absolute atomic E-state index is 0.0430. The lowest BCUT2D eigenvalue weighted by Gasteiger charge is -2.15. The number of thioether (sulfide) groups is 1. The number of imide groups is 1. The minimum atomic E-state index is -0.755. The average Bonchev–Trinajstić information content (AvgIpc) is 2.52. The fraction of sp³-hybridized carbons (Fsp3) is 0.154. The van der Waals surface area contributed by atoms with Gasteiger partial charge in [0.2, 0.25) is 17.8 Å². The maximum atomic E-state index is 12.4. The normalized spacial score (nSPS) is 11.5. The van der Waals surface area contributed by atoms with Crippen molar-refractivity contribution in [3.05, 3.63) is 35.9 Å². The van der Waals surface area contributed by atoms with E-state index in [1.807, 2.05) is 6.07 Å². The molecule has 0 unspecified atom stereocenters. The fourth-order valence-corrected chi connectivity index (χ4v) is 2.65. The van der Waals surface area contributed by atoms with E-state index in [4.69, 9.17) is 11.5 Å². The first-order valence-corrected chi connectivity index (χ1v) is 7.38. The Kier molecular flexibility index (Phi) is 5.31. The number of amides is 3. The number of aromatic nitrogens is 3. The molecule has 0 saturated heterocycles. The zero-order valence-corrected chi connectivity index (χ0v) is 13.0. The molecule has 2 aromatic rings. The number of benzene rings is 1. The number of rotatable bonds is 4. The van der Waals surface area contributed by atoms with Crippen molar-refractivity contribution in [3.63, 3.8) is 0 Å². The summed E-state index contributed by atoms with van der Waals surface area (Å²) in [5, 5.41) is 3.99. The fourth-order valence-electron chi connectivity index (χ4n) is 1.69. The summed E-state index contributed by atoms with van der Waals surface area (Å²) in [6, 6.07) is 8.30. The van der Waals surface area contributed by atoms with E-state index in [-0.39, 0.29) is 17.1 Å². The third kappa shape index (κ3) is 4.54. The molecule has 9 nitrogen and oxygen atoms in total. The number of nitrogens with zero attached hydrogens (tertiary/aromatic N) is 3. The number of carbonyl (C=O) groups excluding carboxylic acids is 2. The average molecular weight is 333 g/mol. The first-order chi connectivity index (χ1) is 11.0. The maximum absolute atomic E-state index is 12.4. The molecule has 0 bridgehead atoms. The van der Waals surface area contributed by atoms with E-state index in [0.717, 1.165) is 11.8 Å². The highest BCUT2D eigenvalue weighted by Gasteiger charge is 2.25.